The number of hydrogen-bond acceptors (Lipinski definition) is 3. The average Bonchev–Trinajstić information content (AvgIpc) is 2.83. The summed E-state index contributed by atoms with van der Waals surface area (Å²) in [5, 5.41) is 6.31. The van der Waals surface area contributed by atoms with Crippen LogP contribution in [0.25, 0.3) is 0 Å². The topological polar surface area (TPSA) is 70.6 Å². The molecule has 1 heterocycles. The Kier molecular flexibility index (Phi) is 8.96. The highest BCUT2D eigenvalue weighted by Crippen LogP contribution is 2.11. The Morgan fingerprint density at radius 1 is 1.42 bits per heavy atom. The first-order chi connectivity index (χ1) is 11.0. The quantitative estimate of drug-likeness (QED) is 0.290. The molecule has 0 spiro atoms. The molecule has 8 heteroatoms. The lowest BCUT2D eigenvalue weighted by atomic mass is 10.1. The first-order valence-electron chi connectivity index (χ1n) is 7.98. The molecule has 1 aliphatic heterocycles. The van der Waals surface area contributed by atoms with Crippen LogP contribution in [0.3, 0.4) is 0 Å². The summed E-state index contributed by atoms with van der Waals surface area (Å²) in [6.07, 6.45) is 2.19. The summed E-state index contributed by atoms with van der Waals surface area (Å²) in [5.74, 6) is 0.835. The molecule has 24 heavy (non-hydrogen) atoms. The van der Waals surface area contributed by atoms with Gasteiger partial charge in [-0.15, -0.1) is 24.0 Å². The highest BCUT2D eigenvalue weighted by atomic mass is 127. The smallest absolute Gasteiger partial charge is 0.191 e. The Morgan fingerprint density at radius 2 is 2.21 bits per heavy atom. The maximum atomic E-state index is 13.1. The predicted octanol–water partition coefficient (Wildman–Crippen LogP) is 2.12. The zero-order valence-electron chi connectivity index (χ0n) is 13.8. The predicted molar refractivity (Wildman–Crippen MR) is 106 cm³/mol. The minimum Gasteiger partial charge on any atom is -0.357 e. The van der Waals surface area contributed by atoms with Crippen molar-refractivity contribution in [3.8, 4) is 0 Å². The van der Waals surface area contributed by atoms with E-state index in [1.54, 1.807) is 6.07 Å². The first kappa shape index (κ1) is 21.1. The van der Waals surface area contributed by atoms with Crippen LogP contribution in [0.15, 0.2) is 29.3 Å². The van der Waals surface area contributed by atoms with E-state index in [0.717, 1.165) is 24.9 Å². The zero-order chi connectivity index (χ0) is 16.7. The number of rotatable bonds is 6. The van der Waals surface area contributed by atoms with Crippen molar-refractivity contribution < 1.29 is 12.8 Å². The van der Waals surface area contributed by atoms with E-state index in [2.05, 4.69) is 15.6 Å². The molecule has 0 aliphatic carbocycles. The fourth-order valence-corrected chi connectivity index (χ4v) is 4.26. The molecule has 136 valence electrons. The molecule has 1 atom stereocenters. The average molecular weight is 469 g/mol. The van der Waals surface area contributed by atoms with Gasteiger partial charge in [0.15, 0.2) is 15.8 Å². The Bertz CT molecular complexity index is 652. The molecule has 1 saturated heterocycles. The summed E-state index contributed by atoms with van der Waals surface area (Å²) in [6.45, 7) is 3.29. The summed E-state index contributed by atoms with van der Waals surface area (Å²) in [6, 6.07) is 6.52. The molecule has 5 nitrogen and oxygen atoms in total. The summed E-state index contributed by atoms with van der Waals surface area (Å²) >= 11 is 0. The van der Waals surface area contributed by atoms with Gasteiger partial charge < -0.3 is 10.6 Å². The third-order valence-electron chi connectivity index (χ3n) is 3.70. The summed E-state index contributed by atoms with van der Waals surface area (Å²) < 4.78 is 36.1. The fourth-order valence-electron chi connectivity index (χ4n) is 2.59. The van der Waals surface area contributed by atoms with Gasteiger partial charge in [-0.2, -0.15) is 0 Å². The molecule has 1 unspecified atom stereocenters. The number of benzene rings is 1. The normalized spacial score (nSPS) is 19.6. The largest absolute Gasteiger partial charge is 0.357 e. The fraction of sp³-hybridized carbons (Fsp3) is 0.562. The lowest BCUT2D eigenvalue weighted by Gasteiger charge is -2.15. The molecule has 0 aromatic heterocycles. The second-order valence-electron chi connectivity index (χ2n) is 5.74. The second kappa shape index (κ2) is 10.2. The van der Waals surface area contributed by atoms with Gasteiger partial charge in [0, 0.05) is 19.1 Å². The molecule has 1 aromatic carbocycles. The van der Waals surface area contributed by atoms with Crippen LogP contribution in [0.2, 0.25) is 0 Å². The zero-order valence-corrected chi connectivity index (χ0v) is 16.9. The van der Waals surface area contributed by atoms with Crippen LogP contribution in [0.5, 0.6) is 0 Å². The van der Waals surface area contributed by atoms with Crippen LogP contribution in [-0.4, -0.2) is 45.0 Å². The van der Waals surface area contributed by atoms with Crippen molar-refractivity contribution in [2.45, 2.75) is 32.2 Å². The van der Waals surface area contributed by atoms with Crippen LogP contribution in [0.1, 0.15) is 25.3 Å². The minimum absolute atomic E-state index is 0. The van der Waals surface area contributed by atoms with Crippen molar-refractivity contribution in [3.63, 3.8) is 0 Å². The van der Waals surface area contributed by atoms with Gasteiger partial charge in [0.2, 0.25) is 0 Å². The van der Waals surface area contributed by atoms with Crippen LogP contribution in [0, 0.1) is 5.82 Å². The molecule has 2 rings (SSSR count). The Labute approximate surface area is 160 Å². The van der Waals surface area contributed by atoms with Crippen LogP contribution >= 0.6 is 24.0 Å². The summed E-state index contributed by atoms with van der Waals surface area (Å²) in [4.78, 5) is 4.47. The lowest BCUT2D eigenvalue weighted by Crippen LogP contribution is -2.44. The van der Waals surface area contributed by atoms with E-state index < -0.39 is 9.84 Å². The van der Waals surface area contributed by atoms with E-state index in [9.17, 15) is 12.8 Å². The molecule has 0 amide bonds. The van der Waals surface area contributed by atoms with E-state index >= 15 is 0 Å². The standard InChI is InChI=1S/C16H24FN3O2S.HI/c1-2-18-16(20-15-8-10-23(21,22)12-15)19-9-4-6-13-5-3-7-14(17)11-13;/h3,5,7,11,15H,2,4,6,8-10,12H2,1H3,(H2,18,19,20);1H. The third-order valence-corrected chi connectivity index (χ3v) is 5.47. The van der Waals surface area contributed by atoms with E-state index in [4.69, 9.17) is 0 Å². The maximum Gasteiger partial charge on any atom is 0.191 e. The highest BCUT2D eigenvalue weighted by molar-refractivity contribution is 14.0. The molecule has 1 fully saturated rings. The van der Waals surface area contributed by atoms with E-state index in [1.165, 1.54) is 12.1 Å². The van der Waals surface area contributed by atoms with Gasteiger partial charge in [0.05, 0.1) is 11.5 Å². The molecule has 2 N–H and O–H groups in total. The van der Waals surface area contributed by atoms with Gasteiger partial charge in [-0.25, -0.2) is 12.8 Å². The molecule has 1 aromatic rings. The van der Waals surface area contributed by atoms with Gasteiger partial charge in [0.1, 0.15) is 5.82 Å². The Morgan fingerprint density at radius 3 is 2.83 bits per heavy atom. The maximum absolute atomic E-state index is 13.1. The number of hydrogen-bond donors (Lipinski definition) is 2. The van der Waals surface area contributed by atoms with Crippen LogP contribution in [0.4, 0.5) is 4.39 Å². The van der Waals surface area contributed by atoms with Crippen molar-refractivity contribution >= 4 is 39.8 Å². The molecule has 1 aliphatic rings. The van der Waals surface area contributed by atoms with Crippen molar-refractivity contribution in [1.82, 2.24) is 10.6 Å². The molecule has 0 saturated carbocycles. The number of halogens is 2. The number of nitrogens with zero attached hydrogens (tertiary/aromatic N) is 1. The molecular formula is C16H25FIN3O2S. The van der Waals surface area contributed by atoms with Crippen molar-refractivity contribution in [2.24, 2.45) is 4.99 Å². The molecule has 0 radical (unpaired) electrons. The van der Waals surface area contributed by atoms with Crippen LogP contribution in [-0.2, 0) is 16.3 Å². The van der Waals surface area contributed by atoms with Gasteiger partial charge in [0.25, 0.3) is 0 Å². The number of guanidine groups is 1. The van der Waals surface area contributed by atoms with Gasteiger partial charge in [-0.05, 0) is 43.9 Å². The van der Waals surface area contributed by atoms with Crippen LogP contribution < -0.4 is 10.6 Å². The SMILES string of the molecule is CCNC(=NCCCc1cccc(F)c1)NC1CCS(=O)(=O)C1.I. The summed E-state index contributed by atoms with van der Waals surface area (Å²) in [7, 11) is -2.90. The minimum atomic E-state index is -2.90. The monoisotopic (exact) mass is 469 g/mol. The van der Waals surface area contributed by atoms with E-state index in [-0.39, 0.29) is 47.3 Å². The Hall–Kier alpha value is -0.900. The third kappa shape index (κ3) is 7.33. The van der Waals surface area contributed by atoms with Crippen molar-refractivity contribution in [1.29, 1.82) is 0 Å². The first-order valence-corrected chi connectivity index (χ1v) is 9.80. The van der Waals surface area contributed by atoms with Gasteiger partial charge in [-0.3, -0.25) is 4.99 Å². The number of nitrogens with one attached hydrogen (secondary N) is 2. The van der Waals surface area contributed by atoms with Gasteiger partial charge >= 0.3 is 0 Å². The van der Waals surface area contributed by atoms with Crippen molar-refractivity contribution in [2.75, 3.05) is 24.6 Å². The second-order valence-corrected chi connectivity index (χ2v) is 7.97. The van der Waals surface area contributed by atoms with E-state index in [1.807, 2.05) is 13.0 Å². The van der Waals surface area contributed by atoms with Crippen molar-refractivity contribution in [3.05, 3.63) is 35.6 Å². The summed E-state index contributed by atoms with van der Waals surface area (Å²) in [5.41, 5.74) is 0.958. The molecule has 0 bridgehead atoms. The lowest BCUT2D eigenvalue weighted by molar-refractivity contribution is 0.599. The Balaban J connectivity index is 0.00000288. The number of sulfone groups is 1. The van der Waals surface area contributed by atoms with Gasteiger partial charge in [-0.1, -0.05) is 12.1 Å². The number of aliphatic imine (C=N–C) groups is 1. The molecular weight excluding hydrogens is 444 g/mol. The highest BCUT2D eigenvalue weighted by Gasteiger charge is 2.28. The number of aryl methyl sites for hydroxylation is 1. The van der Waals surface area contributed by atoms with E-state index in [0.29, 0.717) is 18.9 Å².